The van der Waals surface area contributed by atoms with Gasteiger partial charge in [0.05, 0.1) is 0 Å². The molecule has 0 saturated carbocycles. The third-order valence-electron chi connectivity index (χ3n) is 6.54. The van der Waals surface area contributed by atoms with Gasteiger partial charge in [0.25, 0.3) is 0 Å². The van der Waals surface area contributed by atoms with E-state index in [0.717, 1.165) is 68.6 Å². The number of amides is 2. The molecule has 2 N–H and O–H groups in total. The first kappa shape index (κ1) is 24.8. The van der Waals surface area contributed by atoms with Crippen LogP contribution in [0.15, 0.2) is 42.5 Å². The molecule has 1 aromatic heterocycles. The van der Waals surface area contributed by atoms with E-state index in [9.17, 15) is 9.18 Å². The van der Waals surface area contributed by atoms with E-state index in [0.29, 0.717) is 18.3 Å². The molecule has 0 bridgehead atoms. The second-order valence-electron chi connectivity index (χ2n) is 9.27. The lowest BCUT2D eigenvalue weighted by Gasteiger charge is -2.32. The van der Waals surface area contributed by atoms with Crippen molar-refractivity contribution in [3.63, 3.8) is 0 Å². The maximum absolute atomic E-state index is 13.1. The van der Waals surface area contributed by atoms with Gasteiger partial charge in [-0.25, -0.2) is 13.9 Å². The molecule has 0 aliphatic carbocycles. The average molecular weight is 480 g/mol. The van der Waals surface area contributed by atoms with Crippen molar-refractivity contribution < 1.29 is 9.18 Å². The summed E-state index contributed by atoms with van der Waals surface area (Å²) in [5, 5.41) is 17.7. The molecule has 2 heterocycles. The smallest absolute Gasteiger partial charge is 0.319 e. The Morgan fingerprint density at radius 3 is 2.74 bits per heavy atom. The maximum Gasteiger partial charge on any atom is 0.319 e. The molecule has 3 aromatic rings. The van der Waals surface area contributed by atoms with Crippen LogP contribution in [0.1, 0.15) is 37.3 Å². The number of piperidine rings is 1. The molecule has 0 spiro atoms. The van der Waals surface area contributed by atoms with E-state index in [-0.39, 0.29) is 11.8 Å². The van der Waals surface area contributed by atoms with E-state index >= 15 is 0 Å². The Balaban J connectivity index is 1.24. The summed E-state index contributed by atoms with van der Waals surface area (Å²) in [6.07, 6.45) is 5.09. The Labute approximate surface area is 205 Å². The van der Waals surface area contributed by atoms with Gasteiger partial charge in [0.15, 0.2) is 5.82 Å². The fraction of sp³-hybridized carbons (Fsp3) is 0.462. The molecule has 0 unspecified atom stereocenters. The fourth-order valence-corrected chi connectivity index (χ4v) is 4.66. The fourth-order valence-electron chi connectivity index (χ4n) is 4.66. The van der Waals surface area contributed by atoms with Crippen molar-refractivity contribution >= 4 is 11.7 Å². The highest BCUT2D eigenvalue weighted by Gasteiger charge is 2.20. The first-order valence-electron chi connectivity index (χ1n) is 12.4. The molecule has 8 nitrogen and oxygen atoms in total. The summed E-state index contributed by atoms with van der Waals surface area (Å²) in [6.45, 7) is 5.82. The molecule has 9 heteroatoms. The largest absolute Gasteiger partial charge is 0.338 e. The average Bonchev–Trinajstić information content (AvgIpc) is 3.30. The number of urea groups is 1. The van der Waals surface area contributed by atoms with Gasteiger partial charge in [0, 0.05) is 31.4 Å². The van der Waals surface area contributed by atoms with Gasteiger partial charge in [-0.1, -0.05) is 19.1 Å². The van der Waals surface area contributed by atoms with Crippen molar-refractivity contribution in [2.24, 2.45) is 13.0 Å². The van der Waals surface area contributed by atoms with Crippen LogP contribution in [0, 0.1) is 11.7 Å². The number of hydrogen-bond donors (Lipinski definition) is 2. The van der Waals surface area contributed by atoms with Crippen molar-refractivity contribution in [2.45, 2.75) is 39.0 Å². The van der Waals surface area contributed by atoms with Crippen LogP contribution >= 0.6 is 0 Å². The lowest BCUT2D eigenvalue weighted by atomic mass is 9.97. The van der Waals surface area contributed by atoms with E-state index in [1.165, 1.54) is 17.7 Å². The van der Waals surface area contributed by atoms with Crippen LogP contribution in [-0.4, -0.2) is 57.3 Å². The predicted octanol–water partition coefficient (Wildman–Crippen LogP) is 4.04. The number of halogens is 1. The molecule has 4 rings (SSSR count). The minimum absolute atomic E-state index is 0.189. The SMILES string of the molecule is CCc1cc(NC(=O)NC[C@H]2CCCN(CCCc3ccc(F)cc3)C2)cc(-c2nnnn2C)c1. The van der Waals surface area contributed by atoms with Gasteiger partial charge in [-0.15, -0.1) is 5.10 Å². The molecular weight excluding hydrogens is 445 g/mol. The summed E-state index contributed by atoms with van der Waals surface area (Å²) in [5.74, 6) is 0.901. The van der Waals surface area contributed by atoms with Crippen molar-refractivity contribution in [1.29, 1.82) is 0 Å². The normalized spacial score (nSPS) is 16.3. The van der Waals surface area contributed by atoms with Crippen LogP contribution < -0.4 is 10.6 Å². The third kappa shape index (κ3) is 7.08. The van der Waals surface area contributed by atoms with Crippen LogP contribution in [-0.2, 0) is 19.9 Å². The van der Waals surface area contributed by atoms with Crippen LogP contribution in [0.5, 0.6) is 0 Å². The number of carbonyl (C=O) groups is 1. The highest BCUT2D eigenvalue weighted by atomic mass is 19.1. The number of tetrazole rings is 1. The second-order valence-corrected chi connectivity index (χ2v) is 9.27. The second kappa shape index (κ2) is 11.9. The Hall–Kier alpha value is -3.33. The van der Waals surface area contributed by atoms with Crippen molar-refractivity contribution in [1.82, 2.24) is 30.4 Å². The van der Waals surface area contributed by atoms with E-state index in [2.05, 4.69) is 38.0 Å². The van der Waals surface area contributed by atoms with Crippen molar-refractivity contribution in [2.75, 3.05) is 31.5 Å². The standard InChI is InChI=1S/C26H34FN7O/c1-3-19-14-22(25-30-31-32-33(25)2)16-24(15-19)29-26(35)28-17-21-7-5-13-34(18-21)12-4-6-20-8-10-23(27)11-9-20/h8-11,14-16,21H,3-7,12-13,17-18H2,1-2H3,(H2,28,29,35)/t21-/m1/s1. The van der Waals surface area contributed by atoms with Gasteiger partial charge >= 0.3 is 6.03 Å². The quantitative estimate of drug-likeness (QED) is 0.484. The first-order valence-corrected chi connectivity index (χ1v) is 12.4. The van der Waals surface area contributed by atoms with E-state index in [1.807, 2.05) is 30.3 Å². The number of rotatable bonds is 9. The maximum atomic E-state index is 13.1. The summed E-state index contributed by atoms with van der Waals surface area (Å²) in [6, 6.07) is 12.5. The Bertz CT molecular complexity index is 1120. The molecule has 1 atom stereocenters. The molecule has 0 radical (unpaired) electrons. The number of nitrogens with zero attached hydrogens (tertiary/aromatic N) is 5. The van der Waals surface area contributed by atoms with Gasteiger partial charge in [0.2, 0.25) is 0 Å². The summed E-state index contributed by atoms with van der Waals surface area (Å²) >= 11 is 0. The zero-order valence-corrected chi connectivity index (χ0v) is 20.5. The van der Waals surface area contributed by atoms with Crippen molar-refractivity contribution in [3.05, 3.63) is 59.4 Å². The monoisotopic (exact) mass is 479 g/mol. The summed E-state index contributed by atoms with van der Waals surface area (Å²) in [7, 11) is 1.80. The minimum Gasteiger partial charge on any atom is -0.338 e. The van der Waals surface area contributed by atoms with Gasteiger partial charge in [0.1, 0.15) is 5.82 Å². The van der Waals surface area contributed by atoms with Gasteiger partial charge in [-0.05, 0) is 103 Å². The Morgan fingerprint density at radius 2 is 2.00 bits per heavy atom. The lowest BCUT2D eigenvalue weighted by Crippen LogP contribution is -2.42. The number of nitrogens with one attached hydrogen (secondary N) is 2. The Kier molecular flexibility index (Phi) is 8.41. The zero-order valence-electron chi connectivity index (χ0n) is 20.5. The van der Waals surface area contributed by atoms with Crippen LogP contribution in [0.2, 0.25) is 0 Å². The highest BCUT2D eigenvalue weighted by Crippen LogP contribution is 2.23. The highest BCUT2D eigenvalue weighted by molar-refractivity contribution is 5.90. The number of anilines is 1. The van der Waals surface area contributed by atoms with Gasteiger partial charge < -0.3 is 15.5 Å². The summed E-state index contributed by atoms with van der Waals surface area (Å²) < 4.78 is 14.7. The number of likely N-dealkylation sites (tertiary alicyclic amines) is 1. The molecular formula is C26H34FN7O. The van der Waals surface area contributed by atoms with Gasteiger partial charge in [-0.3, -0.25) is 0 Å². The number of carbonyl (C=O) groups excluding carboxylic acids is 1. The van der Waals surface area contributed by atoms with Crippen molar-refractivity contribution in [3.8, 4) is 11.4 Å². The first-order chi connectivity index (χ1) is 17.0. The number of benzene rings is 2. The third-order valence-corrected chi connectivity index (χ3v) is 6.54. The van der Waals surface area contributed by atoms with Gasteiger partial charge in [-0.2, -0.15) is 0 Å². The molecule has 1 saturated heterocycles. The summed E-state index contributed by atoms with van der Waals surface area (Å²) in [5.41, 5.74) is 3.87. The number of hydrogen-bond acceptors (Lipinski definition) is 5. The van der Waals surface area contributed by atoms with Crippen LogP contribution in [0.4, 0.5) is 14.9 Å². The summed E-state index contributed by atoms with van der Waals surface area (Å²) in [4.78, 5) is 15.1. The van der Waals surface area contributed by atoms with Crippen LogP contribution in [0.3, 0.4) is 0 Å². The molecule has 2 amide bonds. The Morgan fingerprint density at radius 1 is 1.17 bits per heavy atom. The minimum atomic E-state index is -0.200. The molecule has 186 valence electrons. The lowest BCUT2D eigenvalue weighted by molar-refractivity contribution is 0.171. The number of aromatic nitrogens is 4. The van der Waals surface area contributed by atoms with E-state index < -0.39 is 0 Å². The molecule has 1 aliphatic rings. The number of aryl methyl sites for hydroxylation is 3. The van der Waals surface area contributed by atoms with E-state index in [1.54, 1.807) is 11.7 Å². The molecule has 35 heavy (non-hydrogen) atoms. The zero-order chi connectivity index (χ0) is 24.6. The van der Waals surface area contributed by atoms with E-state index in [4.69, 9.17) is 0 Å². The molecule has 1 fully saturated rings. The predicted molar refractivity (Wildman–Crippen MR) is 135 cm³/mol. The topological polar surface area (TPSA) is 88.0 Å². The molecule has 2 aromatic carbocycles. The molecule has 1 aliphatic heterocycles. The van der Waals surface area contributed by atoms with Crippen LogP contribution in [0.25, 0.3) is 11.4 Å².